The number of rotatable bonds is 2. The van der Waals surface area contributed by atoms with E-state index in [9.17, 15) is 0 Å². The molecule has 0 atom stereocenters. The van der Waals surface area contributed by atoms with Gasteiger partial charge in [-0.25, -0.2) is 0 Å². The van der Waals surface area contributed by atoms with Crippen LogP contribution in [0.4, 0.5) is 5.69 Å². The molecule has 0 aliphatic carbocycles. The van der Waals surface area contributed by atoms with E-state index in [0.717, 1.165) is 40.4 Å². The molecular formula is C35H24N2O. The van der Waals surface area contributed by atoms with Crippen molar-refractivity contribution in [3.8, 4) is 28.3 Å². The molecule has 3 heteroatoms. The van der Waals surface area contributed by atoms with E-state index in [1.165, 1.54) is 38.7 Å². The average molecular weight is 489 g/mol. The van der Waals surface area contributed by atoms with Crippen LogP contribution in [0.25, 0.3) is 56.8 Å². The largest absolute Gasteiger partial charge is 0.456 e. The molecule has 180 valence electrons. The van der Waals surface area contributed by atoms with Crippen molar-refractivity contribution in [1.82, 2.24) is 4.57 Å². The number of ether oxygens (including phenoxy) is 1. The Kier molecular flexibility index (Phi) is 4.58. The van der Waals surface area contributed by atoms with E-state index in [-0.39, 0.29) is 0 Å². The number of hydrogen-bond acceptors (Lipinski definition) is 2. The molecule has 0 saturated heterocycles. The molecule has 1 aromatic heterocycles. The van der Waals surface area contributed by atoms with Gasteiger partial charge >= 0.3 is 0 Å². The summed E-state index contributed by atoms with van der Waals surface area (Å²) >= 11 is 0. The van der Waals surface area contributed by atoms with Gasteiger partial charge in [0, 0.05) is 45.4 Å². The van der Waals surface area contributed by atoms with Gasteiger partial charge in [-0.1, -0.05) is 78.9 Å². The van der Waals surface area contributed by atoms with Crippen LogP contribution in [0.1, 0.15) is 16.7 Å². The van der Waals surface area contributed by atoms with Crippen LogP contribution < -0.4 is 10.1 Å². The molecule has 3 nitrogen and oxygen atoms in total. The summed E-state index contributed by atoms with van der Waals surface area (Å²) in [5, 5.41) is 5.94. The van der Waals surface area contributed by atoms with Crippen LogP contribution in [0.5, 0.6) is 11.5 Å². The second-order valence-corrected chi connectivity index (χ2v) is 9.80. The minimum Gasteiger partial charge on any atom is -0.456 e. The quantitative estimate of drug-likeness (QED) is 0.263. The maximum absolute atomic E-state index is 6.46. The van der Waals surface area contributed by atoms with Crippen molar-refractivity contribution >= 4 is 45.7 Å². The Hall–Kier alpha value is -5.02. The van der Waals surface area contributed by atoms with Crippen molar-refractivity contribution in [2.75, 3.05) is 11.9 Å². The minimum absolute atomic E-state index is 0.863. The number of para-hydroxylation sites is 2. The van der Waals surface area contributed by atoms with Crippen molar-refractivity contribution in [3.63, 3.8) is 0 Å². The fraction of sp³-hybridized carbons (Fsp3) is 0.0286. The van der Waals surface area contributed by atoms with Crippen LogP contribution in [-0.4, -0.2) is 11.1 Å². The molecule has 5 aromatic carbocycles. The Morgan fingerprint density at radius 2 is 1.55 bits per heavy atom. The van der Waals surface area contributed by atoms with E-state index in [2.05, 4.69) is 119 Å². The lowest BCUT2D eigenvalue weighted by Gasteiger charge is -2.18. The van der Waals surface area contributed by atoms with E-state index in [1.54, 1.807) is 0 Å². The summed E-state index contributed by atoms with van der Waals surface area (Å²) in [6, 6.07) is 36.5. The number of nitrogens with one attached hydrogen (secondary N) is 1. The summed E-state index contributed by atoms with van der Waals surface area (Å²) in [6.45, 7) is 0.863. The zero-order chi connectivity index (χ0) is 25.1. The third kappa shape index (κ3) is 3.15. The second-order valence-electron chi connectivity index (χ2n) is 9.80. The fourth-order valence-corrected chi connectivity index (χ4v) is 5.89. The number of benzene rings is 5. The van der Waals surface area contributed by atoms with Gasteiger partial charge in [0.25, 0.3) is 0 Å². The molecule has 8 rings (SSSR count). The van der Waals surface area contributed by atoms with Crippen molar-refractivity contribution in [3.05, 3.63) is 126 Å². The highest BCUT2D eigenvalue weighted by Crippen LogP contribution is 2.43. The van der Waals surface area contributed by atoms with E-state index in [1.807, 2.05) is 18.2 Å². The van der Waals surface area contributed by atoms with E-state index in [0.29, 0.717) is 0 Å². The number of nitrogens with zero attached hydrogens (tertiary/aromatic N) is 1. The highest BCUT2D eigenvalue weighted by Gasteiger charge is 2.20. The predicted molar refractivity (Wildman–Crippen MR) is 159 cm³/mol. The maximum Gasteiger partial charge on any atom is 0.136 e. The van der Waals surface area contributed by atoms with Crippen LogP contribution in [0.3, 0.4) is 0 Å². The number of aromatic nitrogens is 1. The molecule has 2 aliphatic heterocycles. The summed E-state index contributed by atoms with van der Waals surface area (Å²) in [6.07, 6.45) is 8.78. The first-order valence-electron chi connectivity index (χ1n) is 13.0. The molecule has 3 heterocycles. The van der Waals surface area contributed by atoms with E-state index < -0.39 is 0 Å². The minimum atomic E-state index is 0.863. The summed E-state index contributed by atoms with van der Waals surface area (Å²) in [4.78, 5) is 0. The SMILES string of the molecule is C1=Cc2c(cccc2-c2cccc(-n3c4ccccc4c4ccc5c(c43)C=Cc3ccccc3O5)c2)NC1. The Morgan fingerprint density at radius 1 is 0.658 bits per heavy atom. The van der Waals surface area contributed by atoms with Crippen molar-refractivity contribution in [2.24, 2.45) is 0 Å². The third-order valence-corrected chi connectivity index (χ3v) is 7.62. The molecule has 0 unspecified atom stereocenters. The Morgan fingerprint density at radius 3 is 2.55 bits per heavy atom. The zero-order valence-corrected chi connectivity index (χ0v) is 20.7. The van der Waals surface area contributed by atoms with Crippen LogP contribution in [0, 0.1) is 0 Å². The van der Waals surface area contributed by atoms with Gasteiger partial charge < -0.3 is 14.6 Å². The van der Waals surface area contributed by atoms with Crippen molar-refractivity contribution in [2.45, 2.75) is 0 Å². The Labute approximate surface area is 220 Å². The fourth-order valence-electron chi connectivity index (χ4n) is 5.89. The van der Waals surface area contributed by atoms with Gasteiger partial charge in [0.2, 0.25) is 0 Å². The smallest absolute Gasteiger partial charge is 0.136 e. The van der Waals surface area contributed by atoms with Crippen LogP contribution >= 0.6 is 0 Å². The lowest BCUT2D eigenvalue weighted by atomic mass is 9.96. The highest BCUT2D eigenvalue weighted by atomic mass is 16.5. The van der Waals surface area contributed by atoms with Gasteiger partial charge in [-0.05, 0) is 59.7 Å². The molecule has 38 heavy (non-hydrogen) atoms. The van der Waals surface area contributed by atoms with Crippen LogP contribution in [0.2, 0.25) is 0 Å². The lowest BCUT2D eigenvalue weighted by Crippen LogP contribution is -2.05. The van der Waals surface area contributed by atoms with Gasteiger partial charge in [-0.2, -0.15) is 0 Å². The topological polar surface area (TPSA) is 26.2 Å². The van der Waals surface area contributed by atoms with Crippen LogP contribution in [0.15, 0.2) is 109 Å². The standard InChI is InChI=1S/C35H24N2O/c1-4-16-33-23(8-1)17-18-30-34(38-33)20-19-29-28-11-2-3-15-32(28)37(35(29)30)25-10-5-9-24(22-25)26-12-6-14-31-27(26)13-7-21-36-31/h1-20,22,36H,21H2. The first-order chi connectivity index (χ1) is 18.8. The highest BCUT2D eigenvalue weighted by molar-refractivity contribution is 6.13. The molecule has 0 saturated carbocycles. The van der Waals surface area contributed by atoms with Gasteiger partial charge in [0.05, 0.1) is 11.0 Å². The van der Waals surface area contributed by atoms with Gasteiger partial charge in [-0.3, -0.25) is 0 Å². The van der Waals surface area contributed by atoms with Gasteiger partial charge in [0.1, 0.15) is 11.5 Å². The summed E-state index contributed by atoms with van der Waals surface area (Å²) in [7, 11) is 0. The normalized spacial score (nSPS) is 13.4. The molecule has 0 bridgehead atoms. The number of hydrogen-bond donors (Lipinski definition) is 1. The summed E-state index contributed by atoms with van der Waals surface area (Å²) in [5.74, 6) is 1.74. The molecule has 1 N–H and O–H groups in total. The molecule has 0 amide bonds. The number of fused-ring (bicyclic) bond motifs is 7. The van der Waals surface area contributed by atoms with E-state index >= 15 is 0 Å². The van der Waals surface area contributed by atoms with Crippen LogP contribution in [-0.2, 0) is 0 Å². The second kappa shape index (κ2) is 8.25. The lowest BCUT2D eigenvalue weighted by molar-refractivity contribution is 0.482. The molecular weight excluding hydrogens is 464 g/mol. The molecule has 2 aliphatic rings. The van der Waals surface area contributed by atoms with Crippen molar-refractivity contribution < 1.29 is 4.74 Å². The van der Waals surface area contributed by atoms with E-state index in [4.69, 9.17) is 4.74 Å². The predicted octanol–water partition coefficient (Wildman–Crippen LogP) is 9.17. The Bertz CT molecular complexity index is 1960. The molecule has 0 fully saturated rings. The maximum atomic E-state index is 6.46. The summed E-state index contributed by atoms with van der Waals surface area (Å²) in [5.41, 5.74) is 10.5. The first-order valence-corrected chi connectivity index (χ1v) is 13.0. The molecule has 0 radical (unpaired) electrons. The molecule has 0 spiro atoms. The van der Waals surface area contributed by atoms with Crippen molar-refractivity contribution in [1.29, 1.82) is 0 Å². The summed E-state index contributed by atoms with van der Waals surface area (Å²) < 4.78 is 8.85. The van der Waals surface area contributed by atoms with Gasteiger partial charge in [0.15, 0.2) is 0 Å². The first kappa shape index (κ1) is 21.1. The zero-order valence-electron chi connectivity index (χ0n) is 20.7. The Balaban J connectivity index is 1.40. The van der Waals surface area contributed by atoms with Gasteiger partial charge in [-0.15, -0.1) is 0 Å². The monoisotopic (exact) mass is 488 g/mol. The third-order valence-electron chi connectivity index (χ3n) is 7.62. The average Bonchev–Trinajstić information content (AvgIpc) is 3.19. The molecule has 6 aromatic rings. The number of anilines is 1.